The second-order valence-electron chi connectivity index (χ2n) is 3.60. The molecule has 1 aromatic carbocycles. The van der Waals surface area contributed by atoms with Gasteiger partial charge in [0.15, 0.2) is 0 Å². The van der Waals surface area contributed by atoms with Crippen LogP contribution in [0.1, 0.15) is 31.1 Å². The number of carbonyl (C=O) groups is 2. The Balaban J connectivity index is 2.90. The first-order valence-electron chi connectivity index (χ1n) is 5.66. The van der Waals surface area contributed by atoms with Gasteiger partial charge in [-0.2, -0.15) is 0 Å². The maximum Gasteiger partial charge on any atom is 0.308 e. The smallest absolute Gasteiger partial charge is 0.308 e. The van der Waals surface area contributed by atoms with E-state index in [4.69, 9.17) is 4.74 Å². The van der Waals surface area contributed by atoms with Gasteiger partial charge in [0.1, 0.15) is 5.75 Å². The first kappa shape index (κ1) is 13.2. The summed E-state index contributed by atoms with van der Waals surface area (Å²) >= 11 is 0. The molecule has 92 valence electrons. The molecule has 0 atom stereocenters. The van der Waals surface area contributed by atoms with Gasteiger partial charge < -0.3 is 9.64 Å². The summed E-state index contributed by atoms with van der Waals surface area (Å²) in [5, 5.41) is 0. The Bertz CT molecular complexity index is 411. The van der Waals surface area contributed by atoms with Gasteiger partial charge in [0, 0.05) is 25.6 Å². The van der Waals surface area contributed by atoms with Crippen molar-refractivity contribution in [2.24, 2.45) is 0 Å². The van der Waals surface area contributed by atoms with Crippen LogP contribution in [0.3, 0.4) is 0 Å². The van der Waals surface area contributed by atoms with Gasteiger partial charge in [-0.3, -0.25) is 9.59 Å². The number of amides is 1. The van der Waals surface area contributed by atoms with Gasteiger partial charge in [-0.1, -0.05) is 6.07 Å². The van der Waals surface area contributed by atoms with Gasteiger partial charge in [-0.25, -0.2) is 0 Å². The monoisotopic (exact) mass is 235 g/mol. The summed E-state index contributed by atoms with van der Waals surface area (Å²) in [6.07, 6.45) is 0. The normalized spacial score (nSPS) is 9.82. The molecule has 0 N–H and O–H groups in total. The molecule has 0 saturated heterocycles. The van der Waals surface area contributed by atoms with Crippen molar-refractivity contribution >= 4 is 11.9 Å². The summed E-state index contributed by atoms with van der Waals surface area (Å²) in [7, 11) is 0. The molecule has 0 radical (unpaired) electrons. The number of nitrogens with zero attached hydrogens (tertiary/aromatic N) is 1. The van der Waals surface area contributed by atoms with Crippen molar-refractivity contribution in [3.8, 4) is 5.75 Å². The third-order valence-corrected chi connectivity index (χ3v) is 2.39. The Kier molecular flexibility index (Phi) is 4.69. The molecule has 4 nitrogen and oxygen atoms in total. The zero-order chi connectivity index (χ0) is 12.8. The van der Waals surface area contributed by atoms with E-state index in [1.54, 1.807) is 29.2 Å². The molecule has 0 unspecified atom stereocenters. The summed E-state index contributed by atoms with van der Waals surface area (Å²) in [6, 6.07) is 6.66. The van der Waals surface area contributed by atoms with Crippen LogP contribution in [0.2, 0.25) is 0 Å². The maximum atomic E-state index is 12.0. The lowest BCUT2D eigenvalue weighted by Crippen LogP contribution is -2.30. The van der Waals surface area contributed by atoms with E-state index in [1.165, 1.54) is 6.92 Å². The fraction of sp³-hybridized carbons (Fsp3) is 0.385. The number of benzene rings is 1. The molecule has 0 fully saturated rings. The average molecular weight is 235 g/mol. The molecule has 0 heterocycles. The van der Waals surface area contributed by atoms with Crippen molar-refractivity contribution in [3.63, 3.8) is 0 Å². The van der Waals surface area contributed by atoms with Crippen LogP contribution in [-0.4, -0.2) is 29.9 Å². The number of esters is 1. The minimum atomic E-state index is -0.391. The van der Waals surface area contributed by atoms with Crippen molar-refractivity contribution < 1.29 is 14.3 Å². The van der Waals surface area contributed by atoms with Crippen LogP contribution < -0.4 is 4.74 Å². The Labute approximate surface area is 101 Å². The van der Waals surface area contributed by atoms with Crippen LogP contribution in [0.25, 0.3) is 0 Å². The second kappa shape index (κ2) is 6.03. The minimum Gasteiger partial charge on any atom is -0.427 e. The highest BCUT2D eigenvalue weighted by Crippen LogP contribution is 2.15. The van der Waals surface area contributed by atoms with Crippen LogP contribution in [0, 0.1) is 0 Å². The number of ether oxygens (including phenoxy) is 1. The van der Waals surface area contributed by atoms with Crippen molar-refractivity contribution in [2.45, 2.75) is 20.8 Å². The summed E-state index contributed by atoms with van der Waals surface area (Å²) in [5.41, 5.74) is 0.535. The van der Waals surface area contributed by atoms with E-state index in [0.717, 1.165) is 0 Å². The van der Waals surface area contributed by atoms with Gasteiger partial charge in [-0.05, 0) is 32.0 Å². The number of hydrogen-bond donors (Lipinski definition) is 0. The standard InChI is InChI=1S/C13H17NO3/c1-4-14(5-2)13(16)11-7-6-8-12(9-11)17-10(3)15/h6-9H,4-5H2,1-3H3. The first-order chi connectivity index (χ1) is 8.08. The fourth-order valence-electron chi connectivity index (χ4n) is 1.55. The lowest BCUT2D eigenvalue weighted by atomic mass is 10.2. The Morgan fingerprint density at radius 3 is 2.41 bits per heavy atom. The SMILES string of the molecule is CCN(CC)C(=O)c1cccc(OC(C)=O)c1. The van der Waals surface area contributed by atoms with E-state index in [1.807, 2.05) is 13.8 Å². The summed E-state index contributed by atoms with van der Waals surface area (Å²) in [5.74, 6) is -0.0445. The highest BCUT2D eigenvalue weighted by atomic mass is 16.5. The van der Waals surface area contributed by atoms with Crippen LogP contribution >= 0.6 is 0 Å². The van der Waals surface area contributed by atoms with Gasteiger partial charge in [0.2, 0.25) is 0 Å². The van der Waals surface area contributed by atoms with Gasteiger partial charge in [0.25, 0.3) is 5.91 Å². The summed E-state index contributed by atoms with van der Waals surface area (Å²) in [4.78, 5) is 24.6. The summed E-state index contributed by atoms with van der Waals surface area (Å²) in [6.45, 7) is 6.51. The van der Waals surface area contributed by atoms with E-state index < -0.39 is 5.97 Å². The number of rotatable bonds is 4. The van der Waals surface area contributed by atoms with Crippen LogP contribution in [0.4, 0.5) is 0 Å². The molecular formula is C13H17NO3. The minimum absolute atomic E-state index is 0.0518. The molecule has 0 aromatic heterocycles. The van der Waals surface area contributed by atoms with E-state index in [9.17, 15) is 9.59 Å². The Morgan fingerprint density at radius 1 is 1.24 bits per heavy atom. The molecular weight excluding hydrogens is 218 g/mol. The van der Waals surface area contributed by atoms with Gasteiger partial charge in [-0.15, -0.1) is 0 Å². The van der Waals surface area contributed by atoms with Crippen molar-refractivity contribution in [1.29, 1.82) is 0 Å². The van der Waals surface area contributed by atoms with E-state index >= 15 is 0 Å². The molecule has 0 aliphatic rings. The third kappa shape index (κ3) is 3.59. The molecule has 1 aromatic rings. The molecule has 0 spiro atoms. The van der Waals surface area contributed by atoms with E-state index in [-0.39, 0.29) is 5.91 Å². The predicted octanol–water partition coefficient (Wildman–Crippen LogP) is 2.09. The average Bonchev–Trinajstić information content (AvgIpc) is 2.30. The second-order valence-corrected chi connectivity index (χ2v) is 3.60. The lowest BCUT2D eigenvalue weighted by Gasteiger charge is -2.18. The molecule has 0 bridgehead atoms. The highest BCUT2D eigenvalue weighted by Gasteiger charge is 2.13. The van der Waals surface area contributed by atoms with Crippen LogP contribution in [-0.2, 0) is 4.79 Å². The van der Waals surface area contributed by atoms with E-state index in [2.05, 4.69) is 0 Å². The van der Waals surface area contributed by atoms with Gasteiger partial charge in [0.05, 0.1) is 0 Å². The molecule has 17 heavy (non-hydrogen) atoms. The zero-order valence-electron chi connectivity index (χ0n) is 10.4. The number of hydrogen-bond acceptors (Lipinski definition) is 3. The topological polar surface area (TPSA) is 46.6 Å². The highest BCUT2D eigenvalue weighted by molar-refractivity contribution is 5.94. The quantitative estimate of drug-likeness (QED) is 0.593. The molecule has 1 rings (SSSR count). The van der Waals surface area contributed by atoms with Crippen molar-refractivity contribution in [1.82, 2.24) is 4.90 Å². The molecule has 4 heteroatoms. The van der Waals surface area contributed by atoms with E-state index in [0.29, 0.717) is 24.4 Å². The largest absolute Gasteiger partial charge is 0.427 e. The van der Waals surface area contributed by atoms with Crippen LogP contribution in [0.5, 0.6) is 5.75 Å². The maximum absolute atomic E-state index is 12.0. The Hall–Kier alpha value is -1.84. The predicted molar refractivity (Wildman–Crippen MR) is 65.0 cm³/mol. The lowest BCUT2D eigenvalue weighted by molar-refractivity contribution is -0.131. The van der Waals surface area contributed by atoms with Crippen LogP contribution in [0.15, 0.2) is 24.3 Å². The fourth-order valence-corrected chi connectivity index (χ4v) is 1.55. The molecule has 0 aliphatic heterocycles. The molecule has 0 saturated carbocycles. The molecule has 1 amide bonds. The van der Waals surface area contributed by atoms with Crippen molar-refractivity contribution in [3.05, 3.63) is 29.8 Å². The number of carbonyl (C=O) groups excluding carboxylic acids is 2. The third-order valence-electron chi connectivity index (χ3n) is 2.39. The molecule has 0 aliphatic carbocycles. The van der Waals surface area contributed by atoms with Crippen molar-refractivity contribution in [2.75, 3.05) is 13.1 Å². The van der Waals surface area contributed by atoms with Gasteiger partial charge >= 0.3 is 5.97 Å². The zero-order valence-corrected chi connectivity index (χ0v) is 10.4. The summed E-state index contributed by atoms with van der Waals surface area (Å²) < 4.78 is 4.94. The Morgan fingerprint density at radius 2 is 1.88 bits per heavy atom. The first-order valence-corrected chi connectivity index (χ1v) is 5.66.